The van der Waals surface area contributed by atoms with Gasteiger partial charge < -0.3 is 14.8 Å². The number of carboxylic acids is 1. The maximum absolute atomic E-state index is 11.4. The van der Waals surface area contributed by atoms with Gasteiger partial charge in [0.2, 0.25) is 5.56 Å². The van der Waals surface area contributed by atoms with E-state index in [4.69, 9.17) is 4.74 Å². The monoisotopic (exact) mass is 321 g/mol. The van der Waals surface area contributed by atoms with Crippen molar-refractivity contribution in [2.75, 3.05) is 0 Å². The molecule has 2 aromatic carbocycles. The van der Waals surface area contributed by atoms with E-state index in [9.17, 15) is 14.7 Å². The highest BCUT2D eigenvalue weighted by Gasteiger charge is 2.13. The molecule has 5 nitrogen and oxygen atoms in total. The molecule has 24 heavy (non-hydrogen) atoms. The molecule has 1 aromatic heterocycles. The van der Waals surface area contributed by atoms with Crippen LogP contribution < -0.4 is 10.3 Å². The smallest absolute Gasteiger partial charge is 0.336 e. The number of pyridine rings is 1. The number of ether oxygens (including phenoxy) is 1. The van der Waals surface area contributed by atoms with Crippen LogP contribution in [0.3, 0.4) is 0 Å². The number of benzene rings is 2. The average Bonchev–Trinajstić information content (AvgIpc) is 2.61. The van der Waals surface area contributed by atoms with Crippen LogP contribution in [0.5, 0.6) is 5.75 Å². The van der Waals surface area contributed by atoms with E-state index in [0.717, 1.165) is 11.6 Å². The van der Waals surface area contributed by atoms with Gasteiger partial charge >= 0.3 is 5.97 Å². The third-order valence-corrected chi connectivity index (χ3v) is 3.55. The SMILES string of the molecule is O=C(O)c1cc(=O)[nH]cc1-c1cccc(OCc2ccccc2)c1. The summed E-state index contributed by atoms with van der Waals surface area (Å²) in [6.07, 6.45) is 1.40. The molecule has 0 saturated carbocycles. The van der Waals surface area contributed by atoms with Crippen molar-refractivity contribution in [2.45, 2.75) is 6.61 Å². The highest BCUT2D eigenvalue weighted by atomic mass is 16.5. The molecular weight excluding hydrogens is 306 g/mol. The Bertz CT molecular complexity index is 916. The molecule has 0 radical (unpaired) electrons. The Morgan fingerprint density at radius 1 is 1.04 bits per heavy atom. The number of aromatic carboxylic acids is 1. The summed E-state index contributed by atoms with van der Waals surface area (Å²) in [4.78, 5) is 25.2. The summed E-state index contributed by atoms with van der Waals surface area (Å²) in [5.41, 5.74) is 1.64. The van der Waals surface area contributed by atoms with Gasteiger partial charge in [-0.1, -0.05) is 42.5 Å². The van der Waals surface area contributed by atoms with E-state index in [1.54, 1.807) is 24.3 Å². The van der Waals surface area contributed by atoms with E-state index < -0.39 is 11.5 Å². The van der Waals surface area contributed by atoms with Crippen LogP contribution in [0.1, 0.15) is 15.9 Å². The molecule has 0 unspecified atom stereocenters. The minimum Gasteiger partial charge on any atom is -0.489 e. The van der Waals surface area contributed by atoms with Crippen LogP contribution in [0.25, 0.3) is 11.1 Å². The summed E-state index contributed by atoms with van der Waals surface area (Å²) in [5, 5.41) is 9.29. The van der Waals surface area contributed by atoms with Gasteiger partial charge in [0, 0.05) is 17.8 Å². The molecule has 120 valence electrons. The first kappa shape index (κ1) is 15.6. The molecule has 0 saturated heterocycles. The van der Waals surface area contributed by atoms with Gasteiger partial charge in [0.05, 0.1) is 5.56 Å². The number of hydrogen-bond donors (Lipinski definition) is 2. The normalized spacial score (nSPS) is 10.3. The van der Waals surface area contributed by atoms with E-state index in [2.05, 4.69) is 4.98 Å². The van der Waals surface area contributed by atoms with E-state index in [1.165, 1.54) is 6.20 Å². The predicted octanol–water partition coefficient (Wildman–Crippen LogP) is 3.32. The molecule has 0 fully saturated rings. The minimum atomic E-state index is -1.15. The second-order valence-electron chi connectivity index (χ2n) is 5.23. The van der Waals surface area contributed by atoms with Gasteiger partial charge in [-0.3, -0.25) is 4.79 Å². The quantitative estimate of drug-likeness (QED) is 0.755. The van der Waals surface area contributed by atoms with Crippen molar-refractivity contribution in [3.05, 3.63) is 88.3 Å². The van der Waals surface area contributed by atoms with Gasteiger partial charge in [0.25, 0.3) is 0 Å². The lowest BCUT2D eigenvalue weighted by atomic mass is 10.0. The molecule has 5 heteroatoms. The molecule has 3 aromatic rings. The van der Waals surface area contributed by atoms with Crippen LogP contribution in [0.2, 0.25) is 0 Å². The summed E-state index contributed by atoms with van der Waals surface area (Å²) in [6, 6.07) is 17.9. The van der Waals surface area contributed by atoms with Gasteiger partial charge in [-0.15, -0.1) is 0 Å². The molecule has 2 N–H and O–H groups in total. The summed E-state index contributed by atoms with van der Waals surface area (Å²) < 4.78 is 5.76. The highest BCUT2D eigenvalue weighted by Crippen LogP contribution is 2.26. The highest BCUT2D eigenvalue weighted by molar-refractivity contribution is 5.95. The van der Waals surface area contributed by atoms with Gasteiger partial charge in [-0.05, 0) is 23.3 Å². The van der Waals surface area contributed by atoms with Crippen molar-refractivity contribution >= 4 is 5.97 Å². The number of aromatic nitrogens is 1. The Morgan fingerprint density at radius 2 is 1.83 bits per heavy atom. The number of H-pyrrole nitrogens is 1. The first-order valence-electron chi connectivity index (χ1n) is 7.36. The van der Waals surface area contributed by atoms with Gasteiger partial charge in [-0.25, -0.2) is 4.79 Å². The zero-order valence-electron chi connectivity index (χ0n) is 12.7. The standard InChI is InChI=1S/C19H15NO4/c21-18-10-16(19(22)23)17(11-20-18)14-7-4-8-15(9-14)24-12-13-5-2-1-3-6-13/h1-11H,12H2,(H,20,21)(H,22,23). The Morgan fingerprint density at radius 3 is 2.58 bits per heavy atom. The molecule has 0 bridgehead atoms. The van der Waals surface area contributed by atoms with E-state index in [1.807, 2.05) is 30.3 Å². The number of nitrogens with one attached hydrogen (secondary N) is 1. The molecule has 0 aliphatic heterocycles. The van der Waals surface area contributed by atoms with E-state index >= 15 is 0 Å². The minimum absolute atomic E-state index is 0.0426. The Balaban J connectivity index is 1.88. The van der Waals surface area contributed by atoms with Crippen molar-refractivity contribution in [1.29, 1.82) is 0 Å². The van der Waals surface area contributed by atoms with Crippen LogP contribution in [-0.2, 0) is 6.61 Å². The second-order valence-corrected chi connectivity index (χ2v) is 5.23. The van der Waals surface area contributed by atoms with Crippen molar-refractivity contribution in [2.24, 2.45) is 0 Å². The Labute approximate surface area is 138 Å². The van der Waals surface area contributed by atoms with E-state index in [-0.39, 0.29) is 5.56 Å². The molecule has 1 heterocycles. The topological polar surface area (TPSA) is 79.4 Å². The number of carboxylic acid groups (broad SMARTS) is 1. The van der Waals surface area contributed by atoms with Crippen molar-refractivity contribution in [3.8, 4) is 16.9 Å². The number of hydrogen-bond acceptors (Lipinski definition) is 3. The predicted molar refractivity (Wildman–Crippen MR) is 90.2 cm³/mol. The van der Waals surface area contributed by atoms with Crippen LogP contribution in [0.4, 0.5) is 0 Å². The van der Waals surface area contributed by atoms with Crippen molar-refractivity contribution < 1.29 is 14.6 Å². The molecule has 0 aliphatic carbocycles. The van der Waals surface area contributed by atoms with Crippen LogP contribution in [-0.4, -0.2) is 16.1 Å². The summed E-state index contributed by atoms with van der Waals surface area (Å²) >= 11 is 0. The lowest BCUT2D eigenvalue weighted by Gasteiger charge is -2.10. The first-order chi connectivity index (χ1) is 11.6. The summed E-state index contributed by atoms with van der Waals surface area (Å²) in [6.45, 7) is 0.418. The third kappa shape index (κ3) is 3.52. The second kappa shape index (κ2) is 6.83. The molecule has 0 atom stereocenters. The van der Waals surface area contributed by atoms with E-state index in [0.29, 0.717) is 23.5 Å². The largest absolute Gasteiger partial charge is 0.489 e. The van der Waals surface area contributed by atoms with Gasteiger partial charge in [-0.2, -0.15) is 0 Å². The molecule has 0 aliphatic rings. The molecular formula is C19H15NO4. The zero-order chi connectivity index (χ0) is 16.9. The van der Waals surface area contributed by atoms with Crippen LogP contribution in [0.15, 0.2) is 71.7 Å². The van der Waals surface area contributed by atoms with Crippen LogP contribution in [0, 0.1) is 0 Å². The van der Waals surface area contributed by atoms with Crippen LogP contribution >= 0.6 is 0 Å². The summed E-state index contributed by atoms with van der Waals surface area (Å²) in [7, 11) is 0. The van der Waals surface area contributed by atoms with Crippen molar-refractivity contribution in [3.63, 3.8) is 0 Å². The zero-order valence-corrected chi connectivity index (χ0v) is 12.7. The fourth-order valence-corrected chi connectivity index (χ4v) is 2.38. The molecule has 0 spiro atoms. The number of aromatic amines is 1. The fraction of sp³-hybridized carbons (Fsp3) is 0.0526. The number of carbonyl (C=O) groups is 1. The number of rotatable bonds is 5. The van der Waals surface area contributed by atoms with Gasteiger partial charge in [0.1, 0.15) is 12.4 Å². The lowest BCUT2D eigenvalue weighted by Crippen LogP contribution is -2.10. The first-order valence-corrected chi connectivity index (χ1v) is 7.36. The average molecular weight is 321 g/mol. The summed E-state index contributed by atoms with van der Waals surface area (Å²) in [5.74, 6) is -0.523. The van der Waals surface area contributed by atoms with Crippen molar-refractivity contribution in [1.82, 2.24) is 4.98 Å². The molecule has 3 rings (SSSR count). The van der Waals surface area contributed by atoms with Gasteiger partial charge in [0.15, 0.2) is 0 Å². The fourth-order valence-electron chi connectivity index (χ4n) is 2.38. The maximum Gasteiger partial charge on any atom is 0.336 e. The lowest BCUT2D eigenvalue weighted by molar-refractivity contribution is 0.0697. The molecule has 0 amide bonds. The Hall–Kier alpha value is -3.34. The third-order valence-electron chi connectivity index (χ3n) is 3.55. The maximum atomic E-state index is 11.4. The Kier molecular flexibility index (Phi) is 4.43.